The van der Waals surface area contributed by atoms with Crippen LogP contribution in [-0.2, 0) is 12.1 Å². The summed E-state index contributed by atoms with van der Waals surface area (Å²) in [7, 11) is 0. The molecule has 2 aromatic rings. The molecule has 0 bridgehead atoms. The number of imidazole rings is 1. The molecule has 2 rings (SSSR count). The molecule has 0 saturated heterocycles. The summed E-state index contributed by atoms with van der Waals surface area (Å²) in [5.41, 5.74) is 0.248. The lowest BCUT2D eigenvalue weighted by atomic mass is 9.91. The fourth-order valence-electron chi connectivity index (χ4n) is 2.62. The molecular formula is C17H22N4. The summed E-state index contributed by atoms with van der Waals surface area (Å²) in [6, 6.07) is 12.4. The van der Waals surface area contributed by atoms with Crippen molar-refractivity contribution in [2.45, 2.75) is 38.8 Å². The Morgan fingerprint density at radius 1 is 1.33 bits per heavy atom. The molecule has 4 heteroatoms. The maximum absolute atomic E-state index is 9.84. The lowest BCUT2D eigenvalue weighted by molar-refractivity contribution is 0.368. The van der Waals surface area contributed by atoms with Crippen LogP contribution in [0, 0.1) is 11.3 Å². The standard InChI is InChI=1S/C17H22N4/c1-4-20-17(12-18,15-8-6-5-7-9-15)13-21-11-10-19-16(21)14(2)3/h5-11,14,20H,4,13H2,1-3H3. The molecule has 0 fully saturated rings. The number of hydrogen-bond donors (Lipinski definition) is 1. The molecule has 1 unspecified atom stereocenters. The van der Waals surface area contributed by atoms with Gasteiger partial charge in [0.15, 0.2) is 0 Å². The van der Waals surface area contributed by atoms with Crippen LogP contribution in [0.2, 0.25) is 0 Å². The number of nitrogens with one attached hydrogen (secondary N) is 1. The fourth-order valence-corrected chi connectivity index (χ4v) is 2.62. The molecule has 110 valence electrons. The lowest BCUT2D eigenvalue weighted by Gasteiger charge is -2.29. The second-order valence-corrected chi connectivity index (χ2v) is 5.48. The van der Waals surface area contributed by atoms with Crippen molar-refractivity contribution in [2.24, 2.45) is 0 Å². The van der Waals surface area contributed by atoms with Crippen LogP contribution in [0.5, 0.6) is 0 Å². The molecule has 0 spiro atoms. The summed E-state index contributed by atoms with van der Waals surface area (Å²) < 4.78 is 2.07. The third kappa shape index (κ3) is 3.14. The third-order valence-electron chi connectivity index (χ3n) is 3.61. The SMILES string of the molecule is CCNC(C#N)(Cn1ccnc1C(C)C)c1ccccc1. The number of benzene rings is 1. The number of likely N-dealkylation sites (N-methyl/N-ethyl adjacent to an activating group) is 1. The summed E-state index contributed by atoms with van der Waals surface area (Å²) in [6.07, 6.45) is 3.75. The zero-order valence-corrected chi connectivity index (χ0v) is 12.9. The Hall–Kier alpha value is -2.12. The number of rotatable bonds is 6. The highest BCUT2D eigenvalue weighted by atomic mass is 15.1. The van der Waals surface area contributed by atoms with Gasteiger partial charge in [-0.15, -0.1) is 0 Å². The molecule has 1 atom stereocenters. The van der Waals surface area contributed by atoms with Gasteiger partial charge in [0.1, 0.15) is 11.4 Å². The van der Waals surface area contributed by atoms with Crippen LogP contribution in [0.25, 0.3) is 0 Å². The van der Waals surface area contributed by atoms with Crippen molar-refractivity contribution in [3.05, 3.63) is 54.1 Å². The minimum atomic E-state index is -0.736. The first-order valence-corrected chi connectivity index (χ1v) is 7.36. The predicted octanol–water partition coefficient (Wildman–Crippen LogP) is 3.04. The zero-order chi connectivity index (χ0) is 15.3. The van der Waals surface area contributed by atoms with E-state index < -0.39 is 5.54 Å². The molecule has 0 saturated carbocycles. The van der Waals surface area contributed by atoms with Crippen LogP contribution in [0.4, 0.5) is 0 Å². The molecule has 0 aliphatic carbocycles. The molecule has 0 amide bonds. The lowest BCUT2D eigenvalue weighted by Crippen LogP contribution is -2.45. The van der Waals surface area contributed by atoms with Gasteiger partial charge in [0, 0.05) is 18.3 Å². The summed E-state index contributed by atoms with van der Waals surface area (Å²) in [6.45, 7) is 7.53. The van der Waals surface area contributed by atoms with Gasteiger partial charge in [-0.2, -0.15) is 5.26 Å². The molecular weight excluding hydrogens is 260 g/mol. The molecule has 1 aromatic carbocycles. The quantitative estimate of drug-likeness (QED) is 0.886. The summed E-state index contributed by atoms with van der Waals surface area (Å²) in [5, 5.41) is 13.2. The Bertz CT molecular complexity index is 609. The van der Waals surface area contributed by atoms with E-state index in [9.17, 15) is 5.26 Å². The second-order valence-electron chi connectivity index (χ2n) is 5.48. The van der Waals surface area contributed by atoms with Crippen molar-refractivity contribution >= 4 is 0 Å². The van der Waals surface area contributed by atoms with Crippen LogP contribution >= 0.6 is 0 Å². The van der Waals surface area contributed by atoms with E-state index in [0.29, 0.717) is 12.5 Å². The minimum Gasteiger partial charge on any atom is -0.331 e. The highest BCUT2D eigenvalue weighted by Gasteiger charge is 2.32. The van der Waals surface area contributed by atoms with E-state index in [2.05, 4.69) is 34.8 Å². The molecule has 0 aliphatic rings. The second kappa shape index (κ2) is 6.55. The molecule has 21 heavy (non-hydrogen) atoms. The molecule has 1 aromatic heterocycles. The van der Waals surface area contributed by atoms with E-state index in [1.165, 1.54) is 0 Å². The third-order valence-corrected chi connectivity index (χ3v) is 3.61. The van der Waals surface area contributed by atoms with Gasteiger partial charge in [0.25, 0.3) is 0 Å². The topological polar surface area (TPSA) is 53.6 Å². The van der Waals surface area contributed by atoms with Crippen LogP contribution in [-0.4, -0.2) is 16.1 Å². The maximum Gasteiger partial charge on any atom is 0.150 e. The first kappa shape index (κ1) is 15.3. The van der Waals surface area contributed by atoms with E-state index in [1.807, 2.05) is 43.5 Å². The summed E-state index contributed by atoms with van der Waals surface area (Å²) in [5.74, 6) is 1.33. The van der Waals surface area contributed by atoms with Crippen LogP contribution in [0.1, 0.15) is 38.1 Å². The van der Waals surface area contributed by atoms with E-state index in [0.717, 1.165) is 17.9 Å². The maximum atomic E-state index is 9.84. The number of hydrogen-bond acceptors (Lipinski definition) is 3. The number of nitrogens with zero attached hydrogens (tertiary/aromatic N) is 3. The van der Waals surface area contributed by atoms with Crippen LogP contribution in [0.15, 0.2) is 42.7 Å². The van der Waals surface area contributed by atoms with Gasteiger partial charge in [-0.25, -0.2) is 4.98 Å². The van der Waals surface area contributed by atoms with E-state index in [4.69, 9.17) is 0 Å². The average molecular weight is 282 g/mol. The normalized spacial score (nSPS) is 13.9. The first-order chi connectivity index (χ1) is 10.1. The van der Waals surface area contributed by atoms with Gasteiger partial charge in [0.05, 0.1) is 12.6 Å². The summed E-state index contributed by atoms with van der Waals surface area (Å²) >= 11 is 0. The van der Waals surface area contributed by atoms with Crippen LogP contribution in [0.3, 0.4) is 0 Å². The Morgan fingerprint density at radius 3 is 2.62 bits per heavy atom. The summed E-state index contributed by atoms with van der Waals surface area (Å²) in [4.78, 5) is 4.41. The zero-order valence-electron chi connectivity index (χ0n) is 12.9. The monoisotopic (exact) mass is 282 g/mol. The van der Waals surface area contributed by atoms with E-state index in [1.54, 1.807) is 6.20 Å². The van der Waals surface area contributed by atoms with E-state index in [-0.39, 0.29) is 0 Å². The Kier molecular flexibility index (Phi) is 4.77. The van der Waals surface area contributed by atoms with Crippen molar-refractivity contribution in [3.8, 4) is 6.07 Å². The minimum absolute atomic E-state index is 0.328. The van der Waals surface area contributed by atoms with Crippen LogP contribution < -0.4 is 5.32 Å². The molecule has 1 N–H and O–H groups in total. The van der Waals surface area contributed by atoms with Gasteiger partial charge in [0.2, 0.25) is 0 Å². The highest BCUT2D eigenvalue weighted by Crippen LogP contribution is 2.24. The molecule has 1 heterocycles. The van der Waals surface area contributed by atoms with E-state index >= 15 is 0 Å². The van der Waals surface area contributed by atoms with Crippen molar-refractivity contribution in [1.29, 1.82) is 5.26 Å². The Labute approximate surface area is 126 Å². The van der Waals surface area contributed by atoms with Gasteiger partial charge >= 0.3 is 0 Å². The largest absolute Gasteiger partial charge is 0.331 e. The smallest absolute Gasteiger partial charge is 0.150 e. The molecule has 0 radical (unpaired) electrons. The highest BCUT2D eigenvalue weighted by molar-refractivity contribution is 5.31. The first-order valence-electron chi connectivity index (χ1n) is 7.36. The number of aromatic nitrogens is 2. The van der Waals surface area contributed by atoms with Crippen molar-refractivity contribution in [2.75, 3.05) is 6.54 Å². The van der Waals surface area contributed by atoms with Crippen molar-refractivity contribution in [1.82, 2.24) is 14.9 Å². The van der Waals surface area contributed by atoms with Gasteiger partial charge in [-0.05, 0) is 12.1 Å². The Balaban J connectivity index is 2.42. The predicted molar refractivity (Wildman–Crippen MR) is 83.7 cm³/mol. The Morgan fingerprint density at radius 2 is 2.05 bits per heavy atom. The molecule has 0 aliphatic heterocycles. The van der Waals surface area contributed by atoms with Gasteiger partial charge in [-0.3, -0.25) is 5.32 Å². The van der Waals surface area contributed by atoms with Gasteiger partial charge < -0.3 is 4.57 Å². The van der Waals surface area contributed by atoms with Crippen molar-refractivity contribution < 1.29 is 0 Å². The van der Waals surface area contributed by atoms with Crippen molar-refractivity contribution in [3.63, 3.8) is 0 Å². The fraction of sp³-hybridized carbons (Fsp3) is 0.412. The average Bonchev–Trinajstić information content (AvgIpc) is 2.96. The number of nitriles is 1. The van der Waals surface area contributed by atoms with Gasteiger partial charge in [-0.1, -0.05) is 51.1 Å². The molecule has 4 nitrogen and oxygen atoms in total.